The predicted octanol–water partition coefficient (Wildman–Crippen LogP) is 2.67. The molecule has 2 N–H and O–H groups in total. The molecule has 96 valence electrons. The lowest BCUT2D eigenvalue weighted by Gasteiger charge is -2.20. The number of rotatable bonds is 4. The van der Waals surface area contributed by atoms with E-state index in [2.05, 4.69) is 0 Å². The van der Waals surface area contributed by atoms with Crippen molar-refractivity contribution in [3.63, 3.8) is 0 Å². The summed E-state index contributed by atoms with van der Waals surface area (Å²) in [6.45, 7) is 2.37. The van der Waals surface area contributed by atoms with Gasteiger partial charge >= 0.3 is 6.18 Å². The number of benzene rings is 1. The summed E-state index contributed by atoms with van der Waals surface area (Å²) in [5, 5.41) is 1.43. The molecule has 0 fully saturated rings. The Morgan fingerprint density at radius 1 is 1.35 bits per heavy atom. The number of nitrogen functional groups attached to an aromatic ring is 1. The average Bonchev–Trinajstić information content (AvgIpc) is 2.26. The minimum Gasteiger partial charge on any atom is -0.399 e. The van der Waals surface area contributed by atoms with Crippen LogP contribution in [-0.2, 0) is 17.6 Å². The van der Waals surface area contributed by atoms with Crippen LogP contribution < -0.4 is 5.73 Å². The summed E-state index contributed by atoms with van der Waals surface area (Å²) in [7, 11) is 1.42. The summed E-state index contributed by atoms with van der Waals surface area (Å²) >= 11 is 0. The predicted molar refractivity (Wildman–Crippen MR) is 58.9 cm³/mol. The van der Waals surface area contributed by atoms with Gasteiger partial charge in [0.15, 0.2) is 0 Å². The van der Waals surface area contributed by atoms with Crippen molar-refractivity contribution in [2.24, 2.45) is 0 Å². The molecule has 1 rings (SSSR count). The Morgan fingerprint density at radius 3 is 2.47 bits per heavy atom. The van der Waals surface area contributed by atoms with Crippen molar-refractivity contribution in [2.45, 2.75) is 19.6 Å². The van der Waals surface area contributed by atoms with E-state index in [0.29, 0.717) is 6.54 Å². The number of hydroxylamine groups is 2. The van der Waals surface area contributed by atoms with Gasteiger partial charge in [0, 0.05) is 18.8 Å². The molecule has 3 nitrogen and oxygen atoms in total. The first-order valence-corrected chi connectivity index (χ1v) is 5.13. The lowest BCUT2D eigenvalue weighted by molar-refractivity contribution is -0.147. The number of halogens is 3. The van der Waals surface area contributed by atoms with E-state index in [1.54, 1.807) is 6.92 Å². The van der Waals surface area contributed by atoms with Gasteiger partial charge in [0.2, 0.25) is 0 Å². The summed E-state index contributed by atoms with van der Waals surface area (Å²) in [4.78, 5) is 4.94. The molecule has 0 unspecified atom stereocenters. The van der Waals surface area contributed by atoms with E-state index in [9.17, 15) is 13.2 Å². The molecule has 1 aromatic carbocycles. The summed E-state index contributed by atoms with van der Waals surface area (Å²) < 4.78 is 38.3. The maximum Gasteiger partial charge on any atom is 0.416 e. The largest absolute Gasteiger partial charge is 0.416 e. The molecular weight excluding hydrogens is 233 g/mol. The van der Waals surface area contributed by atoms with Crippen molar-refractivity contribution < 1.29 is 18.0 Å². The fourth-order valence-electron chi connectivity index (χ4n) is 1.49. The van der Waals surface area contributed by atoms with Crippen molar-refractivity contribution in [1.29, 1.82) is 0 Å². The SMILES string of the molecule is CCN(Cc1ccc(N)cc1C(F)(F)F)OC. The van der Waals surface area contributed by atoms with Crippen LogP contribution in [0.15, 0.2) is 18.2 Å². The minimum absolute atomic E-state index is 0.0716. The molecule has 0 atom stereocenters. The van der Waals surface area contributed by atoms with Gasteiger partial charge in [0.05, 0.1) is 12.7 Å². The van der Waals surface area contributed by atoms with Gasteiger partial charge < -0.3 is 10.6 Å². The van der Waals surface area contributed by atoms with Crippen LogP contribution >= 0.6 is 0 Å². The number of nitrogens with two attached hydrogens (primary N) is 1. The minimum atomic E-state index is -4.40. The van der Waals surface area contributed by atoms with Crippen LogP contribution in [0.2, 0.25) is 0 Å². The van der Waals surface area contributed by atoms with E-state index in [1.165, 1.54) is 24.3 Å². The molecule has 0 saturated heterocycles. The number of alkyl halides is 3. The third-order valence-corrected chi connectivity index (χ3v) is 2.40. The van der Waals surface area contributed by atoms with Gasteiger partial charge in [0.1, 0.15) is 0 Å². The first kappa shape index (κ1) is 13.8. The molecule has 0 saturated carbocycles. The van der Waals surface area contributed by atoms with Gasteiger partial charge in [-0.1, -0.05) is 13.0 Å². The molecule has 0 bridgehead atoms. The molecule has 0 aliphatic rings. The second kappa shape index (κ2) is 5.37. The van der Waals surface area contributed by atoms with E-state index in [1.807, 2.05) is 0 Å². The third-order valence-electron chi connectivity index (χ3n) is 2.40. The highest BCUT2D eigenvalue weighted by Crippen LogP contribution is 2.33. The molecule has 0 heterocycles. The fourth-order valence-corrected chi connectivity index (χ4v) is 1.49. The molecule has 6 heteroatoms. The molecule has 0 spiro atoms. The zero-order valence-electron chi connectivity index (χ0n) is 9.71. The van der Waals surface area contributed by atoms with Crippen molar-refractivity contribution in [1.82, 2.24) is 5.06 Å². The third kappa shape index (κ3) is 3.61. The maximum atomic E-state index is 12.8. The van der Waals surface area contributed by atoms with Crippen LogP contribution in [0.4, 0.5) is 18.9 Å². The topological polar surface area (TPSA) is 38.5 Å². The highest BCUT2D eigenvalue weighted by Gasteiger charge is 2.33. The van der Waals surface area contributed by atoms with Gasteiger partial charge in [0.25, 0.3) is 0 Å². The molecule has 17 heavy (non-hydrogen) atoms. The quantitative estimate of drug-likeness (QED) is 0.657. The van der Waals surface area contributed by atoms with E-state index in [-0.39, 0.29) is 17.8 Å². The van der Waals surface area contributed by atoms with E-state index >= 15 is 0 Å². The van der Waals surface area contributed by atoms with Crippen molar-refractivity contribution in [3.05, 3.63) is 29.3 Å². The Kier molecular flexibility index (Phi) is 4.36. The van der Waals surface area contributed by atoms with Crippen molar-refractivity contribution >= 4 is 5.69 Å². The number of anilines is 1. The molecule has 0 aliphatic carbocycles. The van der Waals surface area contributed by atoms with Gasteiger partial charge in [-0.15, -0.1) is 0 Å². The Labute approximate surface area is 97.9 Å². The average molecular weight is 248 g/mol. The van der Waals surface area contributed by atoms with Gasteiger partial charge in [-0.25, -0.2) is 0 Å². The Balaban J connectivity index is 3.06. The molecule has 0 amide bonds. The monoisotopic (exact) mass is 248 g/mol. The van der Waals surface area contributed by atoms with Gasteiger partial charge in [-0.2, -0.15) is 18.2 Å². The normalized spacial score (nSPS) is 12.1. The van der Waals surface area contributed by atoms with E-state index in [4.69, 9.17) is 10.6 Å². The summed E-state index contributed by atoms with van der Waals surface area (Å²) in [6, 6.07) is 3.77. The Bertz CT molecular complexity index is 375. The van der Waals surface area contributed by atoms with Crippen LogP contribution in [-0.4, -0.2) is 18.7 Å². The summed E-state index contributed by atoms with van der Waals surface area (Å²) in [6.07, 6.45) is -4.40. The number of hydrogen-bond acceptors (Lipinski definition) is 3. The van der Waals surface area contributed by atoms with Crippen molar-refractivity contribution in [2.75, 3.05) is 19.4 Å². The summed E-state index contributed by atoms with van der Waals surface area (Å²) in [5.41, 5.74) is 4.91. The van der Waals surface area contributed by atoms with Crippen LogP contribution in [0.5, 0.6) is 0 Å². The standard InChI is InChI=1S/C11H15F3N2O/c1-3-16(17-2)7-8-4-5-9(15)6-10(8)11(12,13)14/h4-6H,3,7,15H2,1-2H3. The highest BCUT2D eigenvalue weighted by atomic mass is 19.4. The Hall–Kier alpha value is -1.27. The zero-order chi connectivity index (χ0) is 13.1. The molecule has 0 aliphatic heterocycles. The lowest BCUT2D eigenvalue weighted by Crippen LogP contribution is -2.23. The zero-order valence-corrected chi connectivity index (χ0v) is 9.71. The lowest BCUT2D eigenvalue weighted by atomic mass is 10.1. The van der Waals surface area contributed by atoms with Crippen LogP contribution in [0.1, 0.15) is 18.1 Å². The Morgan fingerprint density at radius 2 is 2.00 bits per heavy atom. The maximum absolute atomic E-state index is 12.8. The molecule has 0 aromatic heterocycles. The van der Waals surface area contributed by atoms with Gasteiger partial charge in [-0.05, 0) is 17.7 Å². The molecule has 1 aromatic rings. The smallest absolute Gasteiger partial charge is 0.399 e. The van der Waals surface area contributed by atoms with Gasteiger partial charge in [-0.3, -0.25) is 0 Å². The molecular formula is C11H15F3N2O. The van der Waals surface area contributed by atoms with Crippen LogP contribution in [0.3, 0.4) is 0 Å². The van der Waals surface area contributed by atoms with E-state index in [0.717, 1.165) is 6.07 Å². The highest BCUT2D eigenvalue weighted by molar-refractivity contribution is 5.45. The second-order valence-corrected chi connectivity index (χ2v) is 3.55. The number of hydrogen-bond donors (Lipinski definition) is 1. The first-order chi connectivity index (χ1) is 7.88. The van der Waals surface area contributed by atoms with Crippen molar-refractivity contribution in [3.8, 4) is 0 Å². The second-order valence-electron chi connectivity index (χ2n) is 3.55. The molecule has 0 radical (unpaired) electrons. The van der Waals surface area contributed by atoms with E-state index < -0.39 is 11.7 Å². The summed E-state index contributed by atoms with van der Waals surface area (Å²) in [5.74, 6) is 0. The number of nitrogens with zero attached hydrogens (tertiary/aromatic N) is 1. The fraction of sp³-hybridized carbons (Fsp3) is 0.455. The van der Waals surface area contributed by atoms with Crippen LogP contribution in [0, 0.1) is 0 Å². The first-order valence-electron chi connectivity index (χ1n) is 5.13. The van der Waals surface area contributed by atoms with Crippen LogP contribution in [0.25, 0.3) is 0 Å².